The van der Waals surface area contributed by atoms with Gasteiger partial charge in [-0.15, -0.1) is 0 Å². The van der Waals surface area contributed by atoms with Crippen molar-refractivity contribution in [2.75, 3.05) is 13.1 Å². The van der Waals surface area contributed by atoms with Crippen molar-refractivity contribution in [2.45, 2.75) is 38.5 Å². The summed E-state index contributed by atoms with van der Waals surface area (Å²) in [5, 5.41) is 15.1. The number of carboxylic acids is 1. The topological polar surface area (TPSA) is 103 Å². The van der Waals surface area contributed by atoms with E-state index in [0.717, 1.165) is 12.8 Å². The zero-order chi connectivity index (χ0) is 15.1. The van der Waals surface area contributed by atoms with Crippen LogP contribution >= 0.6 is 0 Å². The van der Waals surface area contributed by atoms with Crippen LogP contribution in [0.1, 0.15) is 42.9 Å². The first-order chi connectivity index (χ1) is 9.15. The molecular weight excluding hydrogens is 282 g/mol. The molecule has 112 valence electrons. The number of aromatic nitrogens is 2. The highest BCUT2D eigenvalue weighted by Gasteiger charge is 2.37. The molecule has 8 heteroatoms. The maximum atomic E-state index is 12.6. The largest absolute Gasteiger partial charge is 0.476 e. The average molecular weight is 301 g/mol. The van der Waals surface area contributed by atoms with Crippen LogP contribution in [0.25, 0.3) is 0 Å². The van der Waals surface area contributed by atoms with Gasteiger partial charge in [0, 0.05) is 13.1 Å². The van der Waals surface area contributed by atoms with Crippen molar-refractivity contribution in [1.29, 1.82) is 0 Å². The monoisotopic (exact) mass is 301 g/mol. The van der Waals surface area contributed by atoms with Crippen molar-refractivity contribution in [3.63, 3.8) is 0 Å². The Kier molecular flexibility index (Phi) is 3.64. The molecule has 2 N–H and O–H groups in total. The van der Waals surface area contributed by atoms with Crippen LogP contribution in [-0.2, 0) is 10.0 Å². The van der Waals surface area contributed by atoms with E-state index in [1.165, 1.54) is 11.2 Å². The van der Waals surface area contributed by atoms with E-state index in [1.807, 2.05) is 0 Å². The first-order valence-corrected chi connectivity index (χ1v) is 7.87. The lowest BCUT2D eigenvalue weighted by atomic mass is 9.83. The zero-order valence-electron chi connectivity index (χ0n) is 11.8. The van der Waals surface area contributed by atoms with Crippen LogP contribution in [0.5, 0.6) is 0 Å². The summed E-state index contributed by atoms with van der Waals surface area (Å²) in [7, 11) is -3.82. The highest BCUT2D eigenvalue weighted by molar-refractivity contribution is 7.89. The second-order valence-electron chi connectivity index (χ2n) is 5.90. The van der Waals surface area contributed by atoms with Gasteiger partial charge in [-0.25, -0.2) is 13.2 Å². The van der Waals surface area contributed by atoms with Crippen molar-refractivity contribution in [1.82, 2.24) is 14.5 Å². The minimum absolute atomic E-state index is 0.118. The molecule has 0 atom stereocenters. The van der Waals surface area contributed by atoms with Crippen LogP contribution in [0, 0.1) is 12.3 Å². The van der Waals surface area contributed by atoms with E-state index in [-0.39, 0.29) is 16.0 Å². The maximum absolute atomic E-state index is 12.6. The molecule has 1 aromatic heterocycles. The quantitative estimate of drug-likeness (QED) is 0.874. The van der Waals surface area contributed by atoms with Gasteiger partial charge in [-0.2, -0.15) is 9.40 Å². The number of piperidine rings is 1. The van der Waals surface area contributed by atoms with E-state index in [4.69, 9.17) is 5.11 Å². The highest BCUT2D eigenvalue weighted by atomic mass is 32.2. The summed E-state index contributed by atoms with van der Waals surface area (Å²) < 4.78 is 26.6. The molecule has 2 heterocycles. The fourth-order valence-corrected chi connectivity index (χ4v) is 4.07. The predicted molar refractivity (Wildman–Crippen MR) is 72.1 cm³/mol. The highest BCUT2D eigenvalue weighted by Crippen LogP contribution is 2.33. The van der Waals surface area contributed by atoms with Crippen LogP contribution in [0.4, 0.5) is 0 Å². The van der Waals surface area contributed by atoms with Crippen LogP contribution in [0.2, 0.25) is 0 Å². The Labute approximate surface area is 118 Å². The van der Waals surface area contributed by atoms with Gasteiger partial charge in [0.15, 0.2) is 5.69 Å². The van der Waals surface area contributed by atoms with Gasteiger partial charge < -0.3 is 5.11 Å². The van der Waals surface area contributed by atoms with Gasteiger partial charge in [0.25, 0.3) is 0 Å². The number of nitrogens with one attached hydrogen (secondary N) is 1. The average Bonchev–Trinajstić information content (AvgIpc) is 2.71. The molecule has 0 bridgehead atoms. The van der Waals surface area contributed by atoms with Crippen LogP contribution in [-0.4, -0.2) is 47.1 Å². The molecule has 1 aromatic rings. The number of carbonyl (C=O) groups is 1. The Morgan fingerprint density at radius 1 is 1.35 bits per heavy atom. The Morgan fingerprint density at radius 3 is 2.40 bits per heavy atom. The second kappa shape index (κ2) is 4.85. The Morgan fingerprint density at radius 2 is 1.90 bits per heavy atom. The molecule has 0 unspecified atom stereocenters. The molecule has 0 radical (unpaired) electrons. The van der Waals surface area contributed by atoms with Crippen molar-refractivity contribution in [2.24, 2.45) is 5.41 Å². The third-order valence-electron chi connectivity index (χ3n) is 3.77. The van der Waals surface area contributed by atoms with Gasteiger partial charge in [0.1, 0.15) is 4.90 Å². The molecule has 1 aliphatic rings. The molecule has 1 saturated heterocycles. The lowest BCUT2D eigenvalue weighted by Gasteiger charge is -2.36. The van der Waals surface area contributed by atoms with E-state index in [1.54, 1.807) is 0 Å². The molecule has 20 heavy (non-hydrogen) atoms. The number of H-pyrrole nitrogens is 1. The van der Waals surface area contributed by atoms with Gasteiger partial charge in [-0.05, 0) is 25.2 Å². The molecule has 0 aliphatic carbocycles. The fourth-order valence-electron chi connectivity index (χ4n) is 2.34. The van der Waals surface area contributed by atoms with E-state index >= 15 is 0 Å². The fraction of sp³-hybridized carbons (Fsp3) is 0.667. The molecule has 0 amide bonds. The number of aryl methyl sites for hydroxylation is 1. The van der Waals surface area contributed by atoms with E-state index in [9.17, 15) is 13.2 Å². The third kappa shape index (κ3) is 2.57. The summed E-state index contributed by atoms with van der Waals surface area (Å²) in [6.45, 7) is 6.52. The minimum atomic E-state index is -3.82. The number of hydrogen-bond donors (Lipinski definition) is 2. The number of rotatable bonds is 3. The molecule has 1 fully saturated rings. The summed E-state index contributed by atoms with van der Waals surface area (Å²) in [6, 6.07) is 0. The van der Waals surface area contributed by atoms with E-state index < -0.39 is 21.7 Å². The van der Waals surface area contributed by atoms with Crippen molar-refractivity contribution in [3.05, 3.63) is 11.4 Å². The first-order valence-electron chi connectivity index (χ1n) is 6.43. The zero-order valence-corrected chi connectivity index (χ0v) is 12.6. The minimum Gasteiger partial charge on any atom is -0.476 e. The molecule has 2 rings (SSSR count). The summed E-state index contributed by atoms with van der Waals surface area (Å²) in [5.41, 5.74) is -0.0628. The van der Waals surface area contributed by atoms with Gasteiger partial charge in [0.2, 0.25) is 10.0 Å². The summed E-state index contributed by atoms with van der Waals surface area (Å²) in [5.74, 6) is -1.34. The molecule has 7 nitrogen and oxygen atoms in total. The van der Waals surface area contributed by atoms with Crippen LogP contribution in [0.15, 0.2) is 4.90 Å². The Bertz CT molecular complexity index is 623. The normalized spacial score (nSPS) is 19.9. The second-order valence-corrected chi connectivity index (χ2v) is 7.77. The number of carboxylic acid groups (broad SMARTS) is 1. The van der Waals surface area contributed by atoms with Gasteiger partial charge in [-0.1, -0.05) is 13.8 Å². The summed E-state index contributed by atoms with van der Waals surface area (Å²) >= 11 is 0. The predicted octanol–water partition coefficient (Wildman–Crippen LogP) is 1.23. The Hall–Kier alpha value is -1.41. The first kappa shape index (κ1) is 15.0. The van der Waals surface area contributed by atoms with Crippen molar-refractivity contribution in [3.8, 4) is 0 Å². The standard InChI is InChI=1S/C12H19N3O4S/c1-8-10(9(11(16)17)14-13-8)20(18,19)15-6-4-12(2,3)5-7-15/h4-7H2,1-3H3,(H,13,14)(H,16,17). The Balaban J connectivity index is 2.37. The van der Waals surface area contributed by atoms with E-state index in [0.29, 0.717) is 13.1 Å². The molecule has 0 aromatic carbocycles. The van der Waals surface area contributed by atoms with Gasteiger partial charge in [-0.3, -0.25) is 5.10 Å². The van der Waals surface area contributed by atoms with E-state index in [2.05, 4.69) is 24.0 Å². The third-order valence-corrected chi connectivity index (χ3v) is 5.83. The lowest BCUT2D eigenvalue weighted by Crippen LogP contribution is -2.41. The molecule has 0 spiro atoms. The van der Waals surface area contributed by atoms with Gasteiger partial charge in [0.05, 0.1) is 5.69 Å². The number of aromatic amines is 1. The molecule has 0 saturated carbocycles. The number of sulfonamides is 1. The van der Waals surface area contributed by atoms with Crippen LogP contribution in [0.3, 0.4) is 0 Å². The number of aromatic carboxylic acids is 1. The lowest BCUT2D eigenvalue weighted by molar-refractivity contribution is 0.0685. The maximum Gasteiger partial charge on any atom is 0.357 e. The number of hydrogen-bond acceptors (Lipinski definition) is 4. The van der Waals surface area contributed by atoms with Crippen molar-refractivity contribution >= 4 is 16.0 Å². The SMILES string of the molecule is Cc1[nH]nc(C(=O)O)c1S(=O)(=O)N1CCC(C)(C)CC1. The summed E-state index contributed by atoms with van der Waals surface area (Å²) in [4.78, 5) is 10.9. The van der Waals surface area contributed by atoms with Crippen LogP contribution < -0.4 is 0 Å². The smallest absolute Gasteiger partial charge is 0.357 e. The number of nitrogens with zero attached hydrogens (tertiary/aromatic N) is 2. The van der Waals surface area contributed by atoms with Crippen molar-refractivity contribution < 1.29 is 18.3 Å². The summed E-state index contributed by atoms with van der Waals surface area (Å²) in [6.07, 6.45) is 1.51. The van der Waals surface area contributed by atoms with Gasteiger partial charge >= 0.3 is 5.97 Å². The molecule has 1 aliphatic heterocycles. The molecular formula is C12H19N3O4S.